The third-order valence-electron chi connectivity index (χ3n) is 2.81. The lowest BCUT2D eigenvalue weighted by Gasteiger charge is -2.35. The second kappa shape index (κ2) is 3.84. The predicted octanol–water partition coefficient (Wildman–Crippen LogP) is 1.27. The van der Waals surface area contributed by atoms with Gasteiger partial charge in [-0.05, 0) is 28.1 Å². The highest BCUT2D eigenvalue weighted by molar-refractivity contribution is 9.10. The highest BCUT2D eigenvalue weighted by Gasteiger charge is 2.24. The van der Waals surface area contributed by atoms with Crippen LogP contribution in [-0.4, -0.2) is 38.6 Å². The topological polar surface area (TPSA) is 40.8 Å². The van der Waals surface area contributed by atoms with E-state index in [1.165, 1.54) is 0 Å². The zero-order chi connectivity index (χ0) is 11.1. The summed E-state index contributed by atoms with van der Waals surface area (Å²) in [5, 5.41) is 9.21. The monoisotopic (exact) mass is 281 g/mol. The molecule has 1 N–H and O–H groups in total. The number of imidazole rings is 1. The molecule has 0 unspecified atom stereocenters. The Bertz CT molecular complexity index is 519. The van der Waals surface area contributed by atoms with Gasteiger partial charge in [-0.25, -0.2) is 4.98 Å². The normalized spacial score (nSPS) is 17.9. The minimum Gasteiger partial charge on any atom is -0.390 e. The zero-order valence-corrected chi connectivity index (χ0v) is 10.3. The van der Waals surface area contributed by atoms with Crippen molar-refractivity contribution in [2.24, 2.45) is 0 Å². The molecule has 0 aromatic carbocycles. The number of nitrogens with zero attached hydrogens (tertiary/aromatic N) is 3. The number of β-amino-alcohol motifs (C(OH)–C–C–N with tert-alkyl or cyclic N) is 1. The van der Waals surface area contributed by atoms with Gasteiger partial charge >= 0.3 is 0 Å². The van der Waals surface area contributed by atoms with E-state index in [2.05, 4.69) is 25.8 Å². The van der Waals surface area contributed by atoms with Gasteiger partial charge < -0.3 is 9.51 Å². The number of aliphatic hydroxyl groups is 1. The molecule has 4 nitrogen and oxygen atoms in total. The van der Waals surface area contributed by atoms with Crippen molar-refractivity contribution >= 4 is 21.6 Å². The Morgan fingerprint density at radius 2 is 2.31 bits per heavy atom. The highest BCUT2D eigenvalue weighted by atomic mass is 79.9. The van der Waals surface area contributed by atoms with Crippen LogP contribution in [0.4, 0.5) is 0 Å². The largest absolute Gasteiger partial charge is 0.390 e. The van der Waals surface area contributed by atoms with Gasteiger partial charge in [-0.15, -0.1) is 0 Å². The Kier molecular flexibility index (Phi) is 2.46. The quantitative estimate of drug-likeness (QED) is 0.902. The van der Waals surface area contributed by atoms with Gasteiger partial charge in [0.05, 0.1) is 16.3 Å². The molecule has 0 atom stereocenters. The first kappa shape index (κ1) is 10.3. The van der Waals surface area contributed by atoms with Crippen LogP contribution in [0.5, 0.6) is 0 Å². The Balaban J connectivity index is 1.85. The molecule has 1 aliphatic rings. The van der Waals surface area contributed by atoms with Crippen LogP contribution in [0.15, 0.2) is 29.0 Å². The van der Waals surface area contributed by atoms with Gasteiger partial charge in [0.1, 0.15) is 0 Å². The van der Waals surface area contributed by atoms with Gasteiger partial charge in [0.25, 0.3) is 0 Å². The molecule has 2 aromatic rings. The first-order chi connectivity index (χ1) is 7.72. The summed E-state index contributed by atoms with van der Waals surface area (Å²) >= 11 is 3.48. The lowest BCUT2D eigenvalue weighted by Crippen LogP contribution is -2.49. The second-order valence-corrected chi connectivity index (χ2v) is 5.02. The van der Waals surface area contributed by atoms with Gasteiger partial charge in [0.15, 0.2) is 5.65 Å². The fraction of sp³-hybridized carbons (Fsp3) is 0.364. The third-order valence-corrected chi connectivity index (χ3v) is 3.43. The van der Waals surface area contributed by atoms with Crippen molar-refractivity contribution in [3.05, 3.63) is 34.7 Å². The summed E-state index contributed by atoms with van der Waals surface area (Å²) in [6, 6.07) is 3.97. The van der Waals surface area contributed by atoms with E-state index in [1.807, 2.05) is 28.9 Å². The van der Waals surface area contributed by atoms with Gasteiger partial charge in [0, 0.05) is 32.0 Å². The SMILES string of the molecule is OC1CN(Cc2cn3cccc(Br)c3n2)C1. The minimum absolute atomic E-state index is 0.149. The van der Waals surface area contributed by atoms with Crippen molar-refractivity contribution in [3.63, 3.8) is 0 Å². The van der Waals surface area contributed by atoms with Gasteiger partial charge in [-0.2, -0.15) is 0 Å². The van der Waals surface area contributed by atoms with Crippen molar-refractivity contribution in [3.8, 4) is 0 Å². The Morgan fingerprint density at radius 1 is 1.50 bits per heavy atom. The molecular weight excluding hydrogens is 270 g/mol. The van der Waals surface area contributed by atoms with E-state index < -0.39 is 0 Å². The van der Waals surface area contributed by atoms with Gasteiger partial charge in [-0.3, -0.25) is 4.90 Å². The van der Waals surface area contributed by atoms with Crippen LogP contribution in [0, 0.1) is 0 Å². The molecule has 0 radical (unpaired) electrons. The number of rotatable bonds is 2. The van der Waals surface area contributed by atoms with Crippen molar-refractivity contribution in [2.75, 3.05) is 13.1 Å². The molecule has 0 bridgehead atoms. The maximum Gasteiger partial charge on any atom is 0.151 e. The molecule has 3 rings (SSSR count). The number of halogens is 1. The fourth-order valence-corrected chi connectivity index (χ4v) is 2.45. The van der Waals surface area contributed by atoms with Gasteiger partial charge in [-0.1, -0.05) is 0 Å². The smallest absolute Gasteiger partial charge is 0.151 e. The van der Waals surface area contributed by atoms with Crippen molar-refractivity contribution in [2.45, 2.75) is 12.6 Å². The molecule has 0 spiro atoms. The van der Waals surface area contributed by atoms with Crippen LogP contribution in [0.1, 0.15) is 5.69 Å². The zero-order valence-electron chi connectivity index (χ0n) is 8.67. The number of hydrogen-bond acceptors (Lipinski definition) is 3. The minimum atomic E-state index is -0.149. The van der Waals surface area contributed by atoms with E-state index in [9.17, 15) is 5.11 Å². The van der Waals surface area contributed by atoms with E-state index >= 15 is 0 Å². The molecule has 0 saturated carbocycles. The summed E-state index contributed by atoms with van der Waals surface area (Å²) in [6.45, 7) is 2.33. The van der Waals surface area contributed by atoms with Crippen molar-refractivity contribution in [1.82, 2.24) is 14.3 Å². The Hall–Kier alpha value is -0.910. The molecular formula is C11H12BrN3O. The first-order valence-corrected chi connectivity index (χ1v) is 6.04. The van der Waals surface area contributed by atoms with E-state index in [-0.39, 0.29) is 6.10 Å². The van der Waals surface area contributed by atoms with Crippen LogP contribution in [0.2, 0.25) is 0 Å². The molecule has 0 amide bonds. The van der Waals surface area contributed by atoms with E-state index in [0.29, 0.717) is 0 Å². The molecule has 5 heteroatoms. The Labute approximate surface area is 102 Å². The number of hydrogen-bond donors (Lipinski definition) is 1. The summed E-state index contributed by atoms with van der Waals surface area (Å²) in [5.74, 6) is 0. The van der Waals surface area contributed by atoms with Crippen molar-refractivity contribution in [1.29, 1.82) is 0 Å². The van der Waals surface area contributed by atoms with E-state index in [4.69, 9.17) is 0 Å². The lowest BCUT2D eigenvalue weighted by molar-refractivity contribution is -0.00346. The average molecular weight is 282 g/mol. The fourth-order valence-electron chi connectivity index (χ4n) is 2.01. The summed E-state index contributed by atoms with van der Waals surface area (Å²) in [7, 11) is 0. The highest BCUT2D eigenvalue weighted by Crippen LogP contribution is 2.18. The molecule has 1 fully saturated rings. The average Bonchev–Trinajstić information content (AvgIpc) is 2.60. The van der Waals surface area contributed by atoms with Crippen LogP contribution in [0.25, 0.3) is 5.65 Å². The number of pyridine rings is 1. The number of aliphatic hydroxyl groups excluding tert-OH is 1. The standard InChI is InChI=1S/C11H12BrN3O/c12-10-2-1-3-15-5-8(13-11(10)15)4-14-6-9(16)7-14/h1-3,5,9,16H,4,6-7H2. The lowest BCUT2D eigenvalue weighted by atomic mass is 10.1. The van der Waals surface area contributed by atoms with Crippen LogP contribution >= 0.6 is 15.9 Å². The maximum atomic E-state index is 9.21. The Morgan fingerprint density at radius 3 is 3.00 bits per heavy atom. The van der Waals surface area contributed by atoms with Crippen LogP contribution < -0.4 is 0 Å². The van der Waals surface area contributed by atoms with Gasteiger partial charge in [0.2, 0.25) is 0 Å². The molecule has 3 heterocycles. The molecule has 84 valence electrons. The summed E-state index contributed by atoms with van der Waals surface area (Å²) < 4.78 is 3.01. The first-order valence-electron chi connectivity index (χ1n) is 5.25. The predicted molar refractivity (Wildman–Crippen MR) is 64.2 cm³/mol. The number of fused-ring (bicyclic) bond motifs is 1. The van der Waals surface area contributed by atoms with Crippen molar-refractivity contribution < 1.29 is 5.11 Å². The number of likely N-dealkylation sites (tertiary alicyclic amines) is 1. The molecule has 1 saturated heterocycles. The molecule has 1 aliphatic heterocycles. The van der Waals surface area contributed by atoms with Crippen LogP contribution in [0.3, 0.4) is 0 Å². The maximum absolute atomic E-state index is 9.21. The summed E-state index contributed by atoms with van der Waals surface area (Å²) in [6.07, 6.45) is 3.87. The second-order valence-electron chi connectivity index (χ2n) is 4.17. The third kappa shape index (κ3) is 1.75. The number of aromatic nitrogens is 2. The molecule has 0 aliphatic carbocycles. The van der Waals surface area contributed by atoms with E-state index in [1.54, 1.807) is 0 Å². The molecule has 16 heavy (non-hydrogen) atoms. The summed E-state index contributed by atoms with van der Waals surface area (Å²) in [4.78, 5) is 6.73. The summed E-state index contributed by atoms with van der Waals surface area (Å²) in [5.41, 5.74) is 1.98. The van der Waals surface area contributed by atoms with E-state index in [0.717, 1.165) is 35.4 Å². The van der Waals surface area contributed by atoms with Crippen LogP contribution in [-0.2, 0) is 6.54 Å². The molecule has 2 aromatic heterocycles.